The Balaban J connectivity index is 1.98. The van der Waals surface area contributed by atoms with Gasteiger partial charge in [0.15, 0.2) is 5.69 Å². The van der Waals surface area contributed by atoms with Gasteiger partial charge in [0.25, 0.3) is 5.91 Å². The van der Waals surface area contributed by atoms with Crippen molar-refractivity contribution >= 4 is 5.91 Å². The van der Waals surface area contributed by atoms with Gasteiger partial charge in [0.1, 0.15) is 0 Å². The minimum atomic E-state index is -0.0790. The van der Waals surface area contributed by atoms with Crippen molar-refractivity contribution in [3.05, 3.63) is 42.0 Å². The van der Waals surface area contributed by atoms with Gasteiger partial charge in [0.05, 0.1) is 6.20 Å². The highest BCUT2D eigenvalue weighted by molar-refractivity contribution is 5.91. The van der Waals surface area contributed by atoms with E-state index in [1.807, 2.05) is 19.1 Å². The smallest absolute Gasteiger partial charge is 0.276 e. The van der Waals surface area contributed by atoms with Crippen LogP contribution in [0.25, 0.3) is 0 Å². The van der Waals surface area contributed by atoms with Crippen LogP contribution in [0.4, 0.5) is 0 Å². The first-order valence-electron chi connectivity index (χ1n) is 6.25. The van der Waals surface area contributed by atoms with E-state index >= 15 is 0 Å². The number of aromatic nitrogens is 4. The number of hydrogen-bond acceptors (Lipinski definition) is 4. The topological polar surface area (TPSA) is 63.9 Å². The van der Waals surface area contributed by atoms with E-state index in [0.717, 1.165) is 6.42 Å². The van der Waals surface area contributed by atoms with Gasteiger partial charge in [-0.05, 0) is 31.0 Å². The van der Waals surface area contributed by atoms with Crippen LogP contribution in [0.3, 0.4) is 0 Å². The molecule has 0 aliphatic heterocycles. The average molecular weight is 259 g/mol. The third kappa shape index (κ3) is 3.37. The van der Waals surface area contributed by atoms with Crippen LogP contribution in [-0.2, 0) is 13.5 Å². The largest absolute Gasteiger partial charge is 0.337 e. The van der Waals surface area contributed by atoms with Gasteiger partial charge in [-0.3, -0.25) is 9.78 Å². The Labute approximate surface area is 112 Å². The first kappa shape index (κ1) is 13.2. The van der Waals surface area contributed by atoms with Gasteiger partial charge in [0.2, 0.25) is 0 Å². The van der Waals surface area contributed by atoms with Crippen LogP contribution in [0.2, 0.25) is 0 Å². The molecule has 0 saturated carbocycles. The summed E-state index contributed by atoms with van der Waals surface area (Å²) in [7, 11) is 1.70. The van der Waals surface area contributed by atoms with Crippen molar-refractivity contribution in [3.8, 4) is 0 Å². The number of rotatable bonds is 5. The Hall–Kier alpha value is -2.24. The second kappa shape index (κ2) is 6.08. The molecular weight excluding hydrogens is 242 g/mol. The average Bonchev–Trinajstić information content (AvgIpc) is 2.87. The van der Waals surface area contributed by atoms with E-state index in [4.69, 9.17) is 0 Å². The molecule has 2 aromatic rings. The highest BCUT2D eigenvalue weighted by Gasteiger charge is 2.16. The number of likely N-dealkylation sites (N-methyl/N-ethyl adjacent to an activating group) is 1. The molecule has 0 spiro atoms. The van der Waals surface area contributed by atoms with E-state index in [1.165, 1.54) is 16.6 Å². The summed E-state index contributed by atoms with van der Waals surface area (Å²) in [4.78, 5) is 19.3. The summed E-state index contributed by atoms with van der Waals surface area (Å²) in [5, 5.41) is 7.96. The summed E-state index contributed by atoms with van der Waals surface area (Å²) in [6.07, 6.45) is 5.83. The second-order valence-corrected chi connectivity index (χ2v) is 4.21. The van der Waals surface area contributed by atoms with Crippen molar-refractivity contribution < 1.29 is 4.79 Å². The fourth-order valence-corrected chi connectivity index (χ4v) is 1.82. The Morgan fingerprint density at radius 3 is 2.68 bits per heavy atom. The molecule has 0 unspecified atom stereocenters. The third-order valence-corrected chi connectivity index (χ3v) is 2.91. The summed E-state index contributed by atoms with van der Waals surface area (Å²) in [5.74, 6) is -0.0790. The van der Waals surface area contributed by atoms with Crippen LogP contribution >= 0.6 is 0 Å². The number of carbonyl (C=O) groups excluding carboxylic acids is 1. The lowest BCUT2D eigenvalue weighted by Crippen LogP contribution is -2.33. The lowest BCUT2D eigenvalue weighted by atomic mass is 10.2. The van der Waals surface area contributed by atoms with Crippen molar-refractivity contribution in [2.75, 3.05) is 13.1 Å². The van der Waals surface area contributed by atoms with Crippen molar-refractivity contribution in [2.45, 2.75) is 13.3 Å². The van der Waals surface area contributed by atoms with Crippen molar-refractivity contribution in [2.24, 2.45) is 7.05 Å². The number of carbonyl (C=O) groups is 1. The van der Waals surface area contributed by atoms with E-state index in [2.05, 4.69) is 15.2 Å². The maximum Gasteiger partial charge on any atom is 0.276 e. The van der Waals surface area contributed by atoms with E-state index in [1.54, 1.807) is 24.3 Å². The zero-order valence-electron chi connectivity index (χ0n) is 11.2. The SMILES string of the molecule is CCN(CCc1ccncc1)C(=O)c1cnn(C)n1. The third-order valence-electron chi connectivity index (χ3n) is 2.91. The molecule has 0 aromatic carbocycles. The monoisotopic (exact) mass is 259 g/mol. The van der Waals surface area contributed by atoms with Crippen LogP contribution in [-0.4, -0.2) is 43.9 Å². The molecule has 0 aliphatic carbocycles. The van der Waals surface area contributed by atoms with Gasteiger partial charge in [-0.1, -0.05) is 0 Å². The Bertz CT molecular complexity index is 537. The Kier molecular flexibility index (Phi) is 4.22. The zero-order chi connectivity index (χ0) is 13.7. The van der Waals surface area contributed by atoms with Crippen molar-refractivity contribution in [1.82, 2.24) is 24.9 Å². The molecule has 0 bridgehead atoms. The van der Waals surface area contributed by atoms with Gasteiger partial charge in [-0.15, -0.1) is 5.10 Å². The summed E-state index contributed by atoms with van der Waals surface area (Å²) >= 11 is 0. The summed E-state index contributed by atoms with van der Waals surface area (Å²) in [6, 6.07) is 3.92. The van der Waals surface area contributed by atoms with Gasteiger partial charge in [0, 0.05) is 32.5 Å². The highest BCUT2D eigenvalue weighted by atomic mass is 16.2. The first-order valence-corrected chi connectivity index (χ1v) is 6.25. The van der Waals surface area contributed by atoms with Crippen molar-refractivity contribution in [1.29, 1.82) is 0 Å². The van der Waals surface area contributed by atoms with Crippen LogP contribution in [0, 0.1) is 0 Å². The molecule has 100 valence electrons. The molecule has 6 heteroatoms. The Morgan fingerprint density at radius 2 is 2.11 bits per heavy atom. The molecule has 2 heterocycles. The fourth-order valence-electron chi connectivity index (χ4n) is 1.82. The molecule has 0 atom stereocenters. The molecule has 6 nitrogen and oxygen atoms in total. The molecule has 0 N–H and O–H groups in total. The number of nitrogens with zero attached hydrogens (tertiary/aromatic N) is 5. The van der Waals surface area contributed by atoms with Gasteiger partial charge in [-0.2, -0.15) is 9.90 Å². The van der Waals surface area contributed by atoms with E-state index in [-0.39, 0.29) is 5.91 Å². The van der Waals surface area contributed by atoms with Gasteiger partial charge < -0.3 is 4.90 Å². The van der Waals surface area contributed by atoms with Gasteiger partial charge in [-0.25, -0.2) is 0 Å². The van der Waals surface area contributed by atoms with E-state index < -0.39 is 0 Å². The molecule has 0 fully saturated rings. The molecule has 2 rings (SSSR count). The van der Waals surface area contributed by atoms with Crippen LogP contribution in [0.5, 0.6) is 0 Å². The normalized spacial score (nSPS) is 10.4. The van der Waals surface area contributed by atoms with Crippen LogP contribution in [0.15, 0.2) is 30.7 Å². The van der Waals surface area contributed by atoms with E-state index in [0.29, 0.717) is 18.8 Å². The quantitative estimate of drug-likeness (QED) is 0.800. The summed E-state index contributed by atoms with van der Waals surface area (Å²) in [6.45, 7) is 3.28. The second-order valence-electron chi connectivity index (χ2n) is 4.21. The maximum atomic E-state index is 12.2. The number of amides is 1. The lowest BCUT2D eigenvalue weighted by molar-refractivity contribution is 0.0759. The molecule has 0 saturated heterocycles. The molecule has 0 radical (unpaired) electrons. The van der Waals surface area contributed by atoms with Gasteiger partial charge >= 0.3 is 0 Å². The number of pyridine rings is 1. The summed E-state index contributed by atoms with van der Waals surface area (Å²) < 4.78 is 0. The molecule has 19 heavy (non-hydrogen) atoms. The highest BCUT2D eigenvalue weighted by Crippen LogP contribution is 2.04. The zero-order valence-corrected chi connectivity index (χ0v) is 11.2. The standard InChI is InChI=1S/C13H17N5O/c1-3-18(9-6-11-4-7-14-8-5-11)13(19)12-10-15-17(2)16-12/h4-5,7-8,10H,3,6,9H2,1-2H3. The predicted molar refractivity (Wildman–Crippen MR) is 70.5 cm³/mol. The molecular formula is C13H17N5O. The van der Waals surface area contributed by atoms with Crippen LogP contribution < -0.4 is 0 Å². The van der Waals surface area contributed by atoms with Crippen molar-refractivity contribution in [3.63, 3.8) is 0 Å². The molecule has 2 aromatic heterocycles. The summed E-state index contributed by atoms with van der Waals surface area (Å²) in [5.41, 5.74) is 1.56. The minimum Gasteiger partial charge on any atom is -0.337 e. The lowest BCUT2D eigenvalue weighted by Gasteiger charge is -2.19. The minimum absolute atomic E-state index is 0.0790. The maximum absolute atomic E-state index is 12.2. The fraction of sp³-hybridized carbons (Fsp3) is 0.385. The number of aryl methyl sites for hydroxylation is 1. The van der Waals surface area contributed by atoms with E-state index in [9.17, 15) is 4.79 Å². The first-order chi connectivity index (χ1) is 9.20. The number of hydrogen-bond donors (Lipinski definition) is 0. The molecule has 1 amide bonds. The molecule has 0 aliphatic rings. The Morgan fingerprint density at radius 1 is 1.37 bits per heavy atom. The van der Waals surface area contributed by atoms with Crippen LogP contribution in [0.1, 0.15) is 23.0 Å². The predicted octanol–water partition coefficient (Wildman–Crippen LogP) is 0.915.